The number of hydrogen-bond acceptors (Lipinski definition) is 3. The van der Waals surface area contributed by atoms with Gasteiger partial charge in [0.05, 0.1) is 0 Å². The van der Waals surface area contributed by atoms with Crippen molar-refractivity contribution in [1.29, 1.82) is 0 Å². The Bertz CT molecular complexity index is 911. The van der Waals surface area contributed by atoms with Crippen molar-refractivity contribution in [3.8, 4) is 33.8 Å². The molecule has 0 spiro atoms. The lowest BCUT2D eigenvalue weighted by Crippen LogP contribution is -1.91. The van der Waals surface area contributed by atoms with Gasteiger partial charge in [0.15, 0.2) is 0 Å². The number of H-pyrrole nitrogens is 1. The normalized spacial score (nSPS) is 11.1. The zero-order chi connectivity index (χ0) is 18.5. The molecule has 0 aliphatic carbocycles. The van der Waals surface area contributed by atoms with E-state index < -0.39 is 11.9 Å². The van der Waals surface area contributed by atoms with Crippen LogP contribution in [-0.4, -0.2) is 27.1 Å². The van der Waals surface area contributed by atoms with Crippen molar-refractivity contribution >= 4 is 11.9 Å². The first-order chi connectivity index (χ1) is 12.6. The van der Waals surface area contributed by atoms with E-state index in [1.165, 1.54) is 11.1 Å². The first-order valence-electron chi connectivity index (χ1n) is 7.73. The number of carboxylic acid groups (broad SMARTS) is 2. The van der Waals surface area contributed by atoms with Gasteiger partial charge >= 0.3 is 11.9 Å². The molecule has 2 aromatic carbocycles. The Morgan fingerprint density at radius 3 is 1.58 bits per heavy atom. The van der Waals surface area contributed by atoms with Crippen LogP contribution in [0.2, 0.25) is 0 Å². The molecule has 4 rings (SSSR count). The maximum absolute atomic E-state index is 9.55. The van der Waals surface area contributed by atoms with Gasteiger partial charge in [0, 0.05) is 46.8 Å². The molecule has 0 amide bonds. The van der Waals surface area contributed by atoms with Crippen LogP contribution in [0.5, 0.6) is 11.5 Å². The second kappa shape index (κ2) is 7.40. The van der Waals surface area contributed by atoms with E-state index in [0.29, 0.717) is 12.2 Å². The summed E-state index contributed by atoms with van der Waals surface area (Å²) in [5, 5.41) is 15.6. The lowest BCUT2D eigenvalue weighted by atomic mass is 9.99. The van der Waals surface area contributed by atoms with Gasteiger partial charge < -0.3 is 19.9 Å². The second-order valence-corrected chi connectivity index (χ2v) is 5.39. The first kappa shape index (κ1) is 17.0. The summed E-state index contributed by atoms with van der Waals surface area (Å²) in [6.45, 7) is 0. The van der Waals surface area contributed by atoms with E-state index >= 15 is 0 Å². The van der Waals surface area contributed by atoms with Crippen LogP contribution < -0.4 is 4.74 Å². The number of carboxylic acids is 2. The molecule has 0 radical (unpaired) electrons. The highest BCUT2D eigenvalue weighted by Crippen LogP contribution is 2.45. The van der Waals surface area contributed by atoms with Gasteiger partial charge in [-0.05, 0) is 12.1 Å². The molecule has 2 heterocycles. The Hall–Kier alpha value is -3.80. The molecule has 0 bridgehead atoms. The average molecular weight is 349 g/mol. The van der Waals surface area contributed by atoms with Crippen LogP contribution in [0.15, 0.2) is 73.1 Å². The van der Waals surface area contributed by atoms with Crippen molar-refractivity contribution in [2.24, 2.45) is 0 Å². The van der Waals surface area contributed by atoms with Gasteiger partial charge in [-0.2, -0.15) is 0 Å². The molecule has 6 heteroatoms. The van der Waals surface area contributed by atoms with E-state index in [0.717, 1.165) is 22.6 Å². The molecular weight excluding hydrogens is 334 g/mol. The van der Waals surface area contributed by atoms with Gasteiger partial charge in [-0.1, -0.05) is 36.4 Å². The van der Waals surface area contributed by atoms with Crippen molar-refractivity contribution in [2.75, 3.05) is 0 Å². The largest absolute Gasteiger partial charge is 0.478 e. The Morgan fingerprint density at radius 1 is 0.731 bits per heavy atom. The van der Waals surface area contributed by atoms with Crippen molar-refractivity contribution in [2.45, 2.75) is 0 Å². The molecule has 0 atom stereocenters. The molecule has 0 fully saturated rings. The summed E-state index contributed by atoms with van der Waals surface area (Å²) in [6, 6.07) is 16.3. The fraction of sp³-hybridized carbons (Fsp3) is 0. The Kier molecular flexibility index (Phi) is 4.85. The van der Waals surface area contributed by atoms with Gasteiger partial charge in [-0.25, -0.2) is 9.59 Å². The predicted molar refractivity (Wildman–Crippen MR) is 96.2 cm³/mol. The lowest BCUT2D eigenvalue weighted by molar-refractivity contribution is -0.134. The molecule has 1 aliphatic heterocycles. The number of nitrogens with one attached hydrogen (secondary N) is 1. The van der Waals surface area contributed by atoms with Gasteiger partial charge in [-0.15, -0.1) is 0 Å². The van der Waals surface area contributed by atoms with E-state index in [9.17, 15) is 9.59 Å². The number of fused-ring (bicyclic) bond motifs is 5. The molecule has 6 nitrogen and oxygen atoms in total. The smallest absolute Gasteiger partial charge is 0.328 e. The molecule has 0 saturated carbocycles. The SMILES string of the molecule is O=C(O)/C=C\C(=O)O.c1ccc2c(c1)Oc1ccccc1-c1c[nH]cc1-2. The number of benzene rings is 2. The number of aliphatic carboxylic acids is 2. The van der Waals surface area contributed by atoms with Crippen LogP contribution in [0.3, 0.4) is 0 Å². The lowest BCUT2D eigenvalue weighted by Gasteiger charge is -2.08. The summed E-state index contributed by atoms with van der Waals surface area (Å²) in [5.41, 5.74) is 4.64. The Balaban J connectivity index is 0.000000211. The van der Waals surface area contributed by atoms with Gasteiger partial charge in [0.25, 0.3) is 0 Å². The maximum Gasteiger partial charge on any atom is 0.328 e. The molecule has 26 heavy (non-hydrogen) atoms. The third-order valence-corrected chi connectivity index (χ3v) is 3.69. The molecule has 3 N–H and O–H groups in total. The van der Waals surface area contributed by atoms with Gasteiger partial charge in [-0.3, -0.25) is 0 Å². The zero-order valence-corrected chi connectivity index (χ0v) is 13.5. The van der Waals surface area contributed by atoms with Crippen molar-refractivity contribution < 1.29 is 24.5 Å². The molecule has 1 aliphatic rings. The van der Waals surface area contributed by atoms with E-state index in [-0.39, 0.29) is 0 Å². The van der Waals surface area contributed by atoms with Crippen LogP contribution in [0.4, 0.5) is 0 Å². The monoisotopic (exact) mass is 349 g/mol. The summed E-state index contributed by atoms with van der Waals surface area (Å²) < 4.78 is 6.03. The molecule has 130 valence electrons. The fourth-order valence-corrected chi connectivity index (χ4v) is 2.63. The summed E-state index contributed by atoms with van der Waals surface area (Å²) in [6.07, 6.45) is 5.17. The standard InChI is InChI=1S/C16H11NO.C4H4O4/c1-3-7-15-11(5-1)13-9-17-10-14(13)12-6-2-4-8-16(12)18-15;5-3(6)1-2-4(7)8/h1-10,17H;1-2H,(H,5,6)(H,7,8)/b;2-1-. The van der Waals surface area contributed by atoms with Crippen LogP contribution in [0.25, 0.3) is 22.3 Å². The average Bonchev–Trinajstić information content (AvgIpc) is 3.06. The minimum absolute atomic E-state index is 0.558. The summed E-state index contributed by atoms with van der Waals surface area (Å²) in [7, 11) is 0. The van der Waals surface area contributed by atoms with E-state index in [4.69, 9.17) is 14.9 Å². The third-order valence-electron chi connectivity index (χ3n) is 3.69. The van der Waals surface area contributed by atoms with E-state index in [2.05, 4.69) is 17.1 Å². The van der Waals surface area contributed by atoms with Crippen molar-refractivity contribution in [3.05, 3.63) is 73.1 Å². The summed E-state index contributed by atoms with van der Waals surface area (Å²) in [4.78, 5) is 22.3. The topological polar surface area (TPSA) is 99.6 Å². The molecular formula is C20H15NO5. The maximum atomic E-state index is 9.55. The predicted octanol–water partition coefficient (Wildman–Crippen LogP) is 4.17. The van der Waals surface area contributed by atoms with Crippen molar-refractivity contribution in [1.82, 2.24) is 4.98 Å². The molecule has 1 aromatic heterocycles. The summed E-state index contributed by atoms with van der Waals surface area (Å²) in [5.74, 6) is -0.702. The number of aromatic nitrogens is 1. The van der Waals surface area contributed by atoms with Gasteiger partial charge in [0.1, 0.15) is 11.5 Å². The van der Waals surface area contributed by atoms with Crippen LogP contribution in [0.1, 0.15) is 0 Å². The van der Waals surface area contributed by atoms with Crippen LogP contribution >= 0.6 is 0 Å². The Morgan fingerprint density at radius 2 is 1.15 bits per heavy atom. The number of para-hydroxylation sites is 2. The second-order valence-electron chi connectivity index (χ2n) is 5.39. The number of aromatic amines is 1. The zero-order valence-electron chi connectivity index (χ0n) is 13.5. The third kappa shape index (κ3) is 3.64. The highest BCUT2D eigenvalue weighted by Gasteiger charge is 2.20. The number of ether oxygens (including phenoxy) is 1. The summed E-state index contributed by atoms with van der Waals surface area (Å²) >= 11 is 0. The van der Waals surface area contributed by atoms with E-state index in [1.807, 2.05) is 48.8 Å². The number of hydrogen-bond donors (Lipinski definition) is 3. The van der Waals surface area contributed by atoms with Crippen LogP contribution in [0, 0.1) is 0 Å². The quantitative estimate of drug-likeness (QED) is 0.472. The highest BCUT2D eigenvalue weighted by molar-refractivity contribution is 5.90. The van der Waals surface area contributed by atoms with E-state index in [1.54, 1.807) is 0 Å². The first-order valence-corrected chi connectivity index (χ1v) is 7.73. The minimum atomic E-state index is -1.26. The Labute approximate surface area is 149 Å². The fourth-order valence-electron chi connectivity index (χ4n) is 2.63. The van der Waals surface area contributed by atoms with Crippen LogP contribution in [-0.2, 0) is 9.59 Å². The molecule has 0 saturated heterocycles. The van der Waals surface area contributed by atoms with Gasteiger partial charge in [0.2, 0.25) is 0 Å². The number of carbonyl (C=O) groups is 2. The highest BCUT2D eigenvalue weighted by atomic mass is 16.5. The molecule has 0 unspecified atom stereocenters. The minimum Gasteiger partial charge on any atom is -0.478 e. The number of rotatable bonds is 2. The molecule has 3 aromatic rings. The van der Waals surface area contributed by atoms with Crippen molar-refractivity contribution in [3.63, 3.8) is 0 Å².